The van der Waals surface area contributed by atoms with Gasteiger partial charge in [-0.05, 0) is 31.9 Å². The van der Waals surface area contributed by atoms with Crippen molar-refractivity contribution in [3.63, 3.8) is 0 Å². The van der Waals surface area contributed by atoms with Gasteiger partial charge in [0.05, 0.1) is 15.8 Å². The van der Waals surface area contributed by atoms with E-state index in [2.05, 4.69) is 0 Å². The largest absolute Gasteiger partial charge is 0.464 e. The zero-order valence-electron chi connectivity index (χ0n) is 10.0. The molecule has 1 saturated heterocycles. The number of likely N-dealkylation sites (tertiary alicyclic amines) is 1. The summed E-state index contributed by atoms with van der Waals surface area (Å²) in [6.07, 6.45) is 1.50. The average Bonchev–Trinajstić information content (AvgIpc) is 2.96. The summed E-state index contributed by atoms with van der Waals surface area (Å²) in [4.78, 5) is 26.2. The van der Waals surface area contributed by atoms with E-state index in [-0.39, 0.29) is 11.9 Å². The number of hydrogen-bond acceptors (Lipinski definition) is 4. The van der Waals surface area contributed by atoms with Crippen molar-refractivity contribution in [2.24, 2.45) is 0 Å². The smallest absolute Gasteiger partial charge is 0.328 e. The van der Waals surface area contributed by atoms with Gasteiger partial charge in [0.15, 0.2) is 0 Å². The molecule has 0 spiro atoms. The lowest BCUT2D eigenvalue weighted by atomic mass is 10.2. The van der Waals surface area contributed by atoms with Gasteiger partial charge in [-0.1, -0.05) is 11.6 Å². The van der Waals surface area contributed by atoms with E-state index in [1.807, 2.05) is 0 Å². The third-order valence-electron chi connectivity index (χ3n) is 2.86. The van der Waals surface area contributed by atoms with Gasteiger partial charge in [0.2, 0.25) is 0 Å². The quantitative estimate of drug-likeness (QED) is 0.803. The van der Waals surface area contributed by atoms with Crippen molar-refractivity contribution >= 4 is 34.8 Å². The van der Waals surface area contributed by atoms with E-state index in [9.17, 15) is 9.59 Å². The molecular weight excluding hydrogens is 274 g/mol. The van der Waals surface area contributed by atoms with Crippen molar-refractivity contribution in [3.05, 3.63) is 21.3 Å². The topological polar surface area (TPSA) is 46.6 Å². The Morgan fingerprint density at radius 2 is 2.33 bits per heavy atom. The highest BCUT2D eigenvalue weighted by molar-refractivity contribution is 7.17. The Bertz CT molecular complexity index is 460. The van der Waals surface area contributed by atoms with Crippen LogP contribution in [0.5, 0.6) is 0 Å². The van der Waals surface area contributed by atoms with Gasteiger partial charge in [-0.3, -0.25) is 4.79 Å². The fourth-order valence-electron chi connectivity index (χ4n) is 2.06. The number of hydrogen-bond donors (Lipinski definition) is 0. The number of esters is 1. The molecule has 0 saturated carbocycles. The lowest BCUT2D eigenvalue weighted by Crippen LogP contribution is -2.41. The molecule has 1 fully saturated rings. The van der Waals surface area contributed by atoms with Gasteiger partial charge < -0.3 is 9.64 Å². The molecule has 1 aliphatic rings. The SMILES string of the molecule is CCOC(=O)C1CCCN1C(=O)c1ccc(Cl)s1. The monoisotopic (exact) mass is 287 g/mol. The first-order valence-electron chi connectivity index (χ1n) is 5.86. The van der Waals surface area contributed by atoms with Gasteiger partial charge in [-0.2, -0.15) is 0 Å². The molecule has 2 heterocycles. The highest BCUT2D eigenvalue weighted by atomic mass is 35.5. The summed E-state index contributed by atoms with van der Waals surface area (Å²) < 4.78 is 5.57. The van der Waals surface area contributed by atoms with Crippen LogP contribution in [0, 0.1) is 0 Å². The minimum absolute atomic E-state index is 0.137. The summed E-state index contributed by atoms with van der Waals surface area (Å²) in [5.41, 5.74) is 0. The number of carbonyl (C=O) groups is 2. The minimum Gasteiger partial charge on any atom is -0.464 e. The van der Waals surface area contributed by atoms with Crippen molar-refractivity contribution in [3.8, 4) is 0 Å². The molecule has 2 rings (SSSR count). The molecule has 1 aliphatic heterocycles. The molecule has 1 unspecified atom stereocenters. The Labute approximate surface area is 114 Å². The number of thiophene rings is 1. The number of nitrogens with zero attached hydrogens (tertiary/aromatic N) is 1. The van der Waals surface area contributed by atoms with Gasteiger partial charge >= 0.3 is 5.97 Å². The first-order valence-corrected chi connectivity index (χ1v) is 7.06. The van der Waals surface area contributed by atoms with Crippen LogP contribution in [-0.2, 0) is 9.53 Å². The molecule has 18 heavy (non-hydrogen) atoms. The van der Waals surface area contributed by atoms with Crippen molar-refractivity contribution in [2.45, 2.75) is 25.8 Å². The van der Waals surface area contributed by atoms with Crippen LogP contribution < -0.4 is 0 Å². The molecule has 1 aromatic rings. The van der Waals surface area contributed by atoms with E-state index in [1.165, 1.54) is 11.3 Å². The standard InChI is InChI=1S/C12H14ClNO3S/c1-2-17-12(16)8-4-3-7-14(8)11(15)9-5-6-10(13)18-9/h5-6,8H,2-4,7H2,1H3. The van der Waals surface area contributed by atoms with Crippen molar-refractivity contribution in [1.82, 2.24) is 4.90 Å². The van der Waals surface area contributed by atoms with Gasteiger partial charge in [-0.25, -0.2) is 4.79 Å². The highest BCUT2D eigenvalue weighted by Crippen LogP contribution is 2.26. The molecule has 6 heteroatoms. The molecule has 0 radical (unpaired) electrons. The maximum absolute atomic E-state index is 12.2. The molecule has 0 bridgehead atoms. The summed E-state index contributed by atoms with van der Waals surface area (Å²) in [5.74, 6) is -0.451. The van der Waals surface area contributed by atoms with Crippen molar-refractivity contribution in [2.75, 3.05) is 13.2 Å². The number of amides is 1. The Kier molecular flexibility index (Phi) is 4.24. The fourth-order valence-corrected chi connectivity index (χ4v) is 3.06. The zero-order chi connectivity index (χ0) is 13.1. The number of carbonyl (C=O) groups excluding carboxylic acids is 2. The molecule has 0 N–H and O–H groups in total. The van der Waals surface area contributed by atoms with Crippen LogP contribution in [0.25, 0.3) is 0 Å². The lowest BCUT2D eigenvalue weighted by molar-refractivity contribution is -0.147. The Morgan fingerprint density at radius 1 is 1.56 bits per heavy atom. The van der Waals surface area contributed by atoms with E-state index >= 15 is 0 Å². The molecule has 4 nitrogen and oxygen atoms in total. The van der Waals surface area contributed by atoms with Gasteiger partial charge in [0.1, 0.15) is 6.04 Å². The maximum atomic E-state index is 12.2. The van der Waals surface area contributed by atoms with Gasteiger partial charge in [0.25, 0.3) is 5.91 Å². The predicted molar refractivity (Wildman–Crippen MR) is 70.0 cm³/mol. The van der Waals surface area contributed by atoms with E-state index in [0.29, 0.717) is 28.8 Å². The third-order valence-corrected chi connectivity index (χ3v) is 4.08. The first-order chi connectivity index (χ1) is 8.63. The number of halogens is 1. The summed E-state index contributed by atoms with van der Waals surface area (Å²) in [7, 11) is 0. The zero-order valence-corrected chi connectivity index (χ0v) is 11.6. The molecule has 1 amide bonds. The normalized spacial score (nSPS) is 19.0. The fraction of sp³-hybridized carbons (Fsp3) is 0.500. The maximum Gasteiger partial charge on any atom is 0.328 e. The number of rotatable bonds is 3. The predicted octanol–water partition coefficient (Wildman–Crippen LogP) is 2.57. The average molecular weight is 288 g/mol. The van der Waals surface area contributed by atoms with E-state index in [0.717, 1.165) is 6.42 Å². The second-order valence-corrected chi connectivity index (χ2v) is 5.73. The van der Waals surface area contributed by atoms with Crippen molar-refractivity contribution < 1.29 is 14.3 Å². The van der Waals surface area contributed by atoms with Crippen LogP contribution in [0.15, 0.2) is 12.1 Å². The first kappa shape index (κ1) is 13.4. The molecule has 1 atom stereocenters. The second-order valence-electron chi connectivity index (χ2n) is 4.01. The van der Waals surface area contributed by atoms with E-state index < -0.39 is 6.04 Å². The molecule has 0 aliphatic carbocycles. The molecule has 0 aromatic carbocycles. The Balaban J connectivity index is 2.11. The summed E-state index contributed by atoms with van der Waals surface area (Å²) in [5, 5.41) is 0. The van der Waals surface area contributed by atoms with E-state index in [4.69, 9.17) is 16.3 Å². The van der Waals surface area contributed by atoms with Crippen molar-refractivity contribution in [1.29, 1.82) is 0 Å². The van der Waals surface area contributed by atoms with Crippen LogP contribution in [0.1, 0.15) is 29.4 Å². The van der Waals surface area contributed by atoms with Crippen LogP contribution in [0.2, 0.25) is 4.34 Å². The van der Waals surface area contributed by atoms with E-state index in [1.54, 1.807) is 24.0 Å². The molecular formula is C12H14ClNO3S. The second kappa shape index (κ2) is 5.71. The molecule has 1 aromatic heterocycles. The Morgan fingerprint density at radius 3 is 2.94 bits per heavy atom. The summed E-state index contributed by atoms with van der Waals surface area (Å²) >= 11 is 7.05. The van der Waals surface area contributed by atoms with Crippen LogP contribution in [0.4, 0.5) is 0 Å². The number of ether oxygens (including phenoxy) is 1. The van der Waals surface area contributed by atoms with Gasteiger partial charge in [0, 0.05) is 6.54 Å². The summed E-state index contributed by atoms with van der Waals surface area (Å²) in [6.45, 7) is 2.69. The third kappa shape index (κ3) is 2.67. The molecule has 98 valence electrons. The van der Waals surface area contributed by atoms with Gasteiger partial charge in [-0.15, -0.1) is 11.3 Å². The minimum atomic E-state index is -0.446. The van der Waals surface area contributed by atoms with Crippen LogP contribution in [0.3, 0.4) is 0 Å². The Hall–Kier alpha value is -1.07. The lowest BCUT2D eigenvalue weighted by Gasteiger charge is -2.22. The van der Waals surface area contributed by atoms with Crippen LogP contribution >= 0.6 is 22.9 Å². The summed E-state index contributed by atoms with van der Waals surface area (Å²) in [6, 6.07) is 2.93. The highest BCUT2D eigenvalue weighted by Gasteiger charge is 2.35. The van der Waals surface area contributed by atoms with Crippen LogP contribution in [-0.4, -0.2) is 36.0 Å².